The van der Waals surface area contributed by atoms with E-state index in [4.69, 9.17) is 9.97 Å². The number of unbranched alkanes of at least 4 members (excludes halogenated alkanes) is 6. The number of rotatable bonds is 16. The maximum atomic E-state index is 17.2. The molecule has 6 aromatic rings. The molecule has 0 bridgehead atoms. The molecule has 7 heteroatoms. The van der Waals surface area contributed by atoms with Crippen LogP contribution in [0.2, 0.25) is 0 Å². The van der Waals surface area contributed by atoms with E-state index in [2.05, 4.69) is 155 Å². The smallest absolute Gasteiger partial charge is 0.198 e. The van der Waals surface area contributed by atoms with Crippen molar-refractivity contribution in [2.75, 3.05) is 36.0 Å². The van der Waals surface area contributed by atoms with E-state index in [-0.39, 0.29) is 17.9 Å². The normalized spacial score (nSPS) is 17.9. The summed E-state index contributed by atoms with van der Waals surface area (Å²) in [6.07, 6.45) is 18.8. The van der Waals surface area contributed by atoms with E-state index in [1.165, 1.54) is 59.1 Å². The summed E-state index contributed by atoms with van der Waals surface area (Å²) in [5.74, 6) is 0.0549. The highest BCUT2D eigenvalue weighted by molar-refractivity contribution is 6.44. The number of benzene rings is 4. The lowest BCUT2D eigenvalue weighted by molar-refractivity contribution is -0.109. The number of nitrogens with zero attached hydrogens (tertiary/aromatic N) is 6. The van der Waals surface area contributed by atoms with Crippen LogP contribution in [0.15, 0.2) is 158 Å². The third-order valence-electron chi connectivity index (χ3n) is 14.5. The van der Waals surface area contributed by atoms with Gasteiger partial charge in [-0.25, -0.2) is 0 Å². The van der Waals surface area contributed by atoms with Gasteiger partial charge in [-0.1, -0.05) is 162 Å². The Morgan fingerprint density at radius 3 is 1.33 bits per heavy atom. The molecular weight excluding hydrogens is 809 g/mol. The van der Waals surface area contributed by atoms with Crippen LogP contribution in [0.3, 0.4) is 0 Å². The molecule has 0 saturated heterocycles. The summed E-state index contributed by atoms with van der Waals surface area (Å²) in [5, 5.41) is 0. The van der Waals surface area contributed by atoms with Crippen molar-refractivity contribution in [1.29, 1.82) is 0 Å². The molecule has 2 aromatic heterocycles. The maximum Gasteiger partial charge on any atom is 0.198 e. The molecule has 0 amide bonds. The summed E-state index contributed by atoms with van der Waals surface area (Å²) in [5.41, 5.74) is 15.5. The standard InChI is InChI=1S/C59H64N6O/c1-3-5-7-19-35-64-51-29-33-60-39-49(51)53(57(55(64)45-23-11-9-12-24-45)62-37-31-43-21-15-17-27-47(43)41-62)59(66)54-50-40-61-34-30-52(50)65(36-20-8-6-4-2)56(46-25-13-10-14-26-46)58(54)63-38-32-44-22-16-18-28-48(44)42-63/h9-18,21-30,33-34,39-40,55-56H,3-8,19-20,31-32,35-38,41-42H2,1-2H3. The lowest BCUT2D eigenvalue weighted by atomic mass is 9.79. The molecule has 10 rings (SSSR count). The first-order chi connectivity index (χ1) is 32.6. The number of aromatic nitrogens is 2. The Hall–Kier alpha value is -6.47. The molecule has 0 saturated carbocycles. The first kappa shape index (κ1) is 43.4. The quantitative estimate of drug-likeness (QED) is 0.0898. The Bertz CT molecular complexity index is 2520. The van der Waals surface area contributed by atoms with E-state index < -0.39 is 0 Å². The highest BCUT2D eigenvalue weighted by atomic mass is 16.1. The molecular formula is C59H64N6O. The lowest BCUT2D eigenvalue weighted by Crippen LogP contribution is -2.45. The number of pyridine rings is 2. The van der Waals surface area contributed by atoms with Gasteiger partial charge in [0.05, 0.1) is 34.6 Å². The van der Waals surface area contributed by atoms with Gasteiger partial charge in [0, 0.05) is 86.6 Å². The van der Waals surface area contributed by atoms with Gasteiger partial charge < -0.3 is 19.6 Å². The molecule has 66 heavy (non-hydrogen) atoms. The first-order valence-electron chi connectivity index (χ1n) is 24.8. The Kier molecular flexibility index (Phi) is 13.1. The molecule has 0 aliphatic carbocycles. The Balaban J connectivity index is 1.25. The Morgan fingerprint density at radius 2 is 0.909 bits per heavy atom. The fourth-order valence-corrected chi connectivity index (χ4v) is 11.3. The number of hydrogen-bond acceptors (Lipinski definition) is 7. The average Bonchev–Trinajstić information content (AvgIpc) is 3.38. The molecule has 0 N–H and O–H groups in total. The van der Waals surface area contributed by atoms with E-state index in [1.807, 2.05) is 24.8 Å². The summed E-state index contributed by atoms with van der Waals surface area (Å²) >= 11 is 0. The van der Waals surface area contributed by atoms with Crippen LogP contribution in [0.5, 0.6) is 0 Å². The van der Waals surface area contributed by atoms with Gasteiger partial charge in [0.1, 0.15) is 0 Å². The van der Waals surface area contributed by atoms with Crippen LogP contribution < -0.4 is 9.80 Å². The fourth-order valence-electron chi connectivity index (χ4n) is 11.3. The average molecular weight is 873 g/mol. The molecule has 0 spiro atoms. The Morgan fingerprint density at radius 1 is 0.500 bits per heavy atom. The van der Waals surface area contributed by atoms with E-state index >= 15 is 4.79 Å². The highest BCUT2D eigenvalue weighted by Crippen LogP contribution is 2.53. The molecule has 0 radical (unpaired) electrons. The number of allylic oxidation sites excluding steroid dienone is 2. The number of anilines is 2. The zero-order valence-electron chi connectivity index (χ0n) is 38.9. The molecule has 0 fully saturated rings. The van der Waals surface area contributed by atoms with Crippen molar-refractivity contribution in [3.05, 3.63) is 202 Å². The van der Waals surface area contributed by atoms with Gasteiger partial charge in [0.2, 0.25) is 0 Å². The summed E-state index contributed by atoms with van der Waals surface area (Å²) < 4.78 is 0. The van der Waals surface area contributed by atoms with E-state index in [9.17, 15) is 0 Å². The third-order valence-corrected chi connectivity index (χ3v) is 14.5. The van der Waals surface area contributed by atoms with Crippen LogP contribution in [0.4, 0.5) is 11.4 Å². The second kappa shape index (κ2) is 20.0. The SMILES string of the molecule is CCCCCCN1c2ccncc2C(C(=O)C2=C(N3CCc4ccccc4C3)C(c3ccccc3)N(CCCCCC)c3ccncc32)=C(N2CCc3ccccc3C2)C1c1ccccc1. The molecule has 4 aliphatic rings. The molecule has 2 atom stereocenters. The topological polar surface area (TPSA) is 55.8 Å². The zero-order chi connectivity index (χ0) is 44.8. The minimum absolute atomic E-state index is 0.0549. The molecule has 4 aromatic carbocycles. The number of carbonyl (C=O) groups excluding carboxylic acids is 1. The van der Waals surface area contributed by atoms with Crippen LogP contribution in [0.25, 0.3) is 11.1 Å². The van der Waals surface area contributed by atoms with Crippen molar-refractivity contribution in [2.45, 2.75) is 103 Å². The molecule has 4 aliphatic heterocycles. The minimum Gasteiger partial charge on any atom is -0.368 e. The number of ketones is 1. The van der Waals surface area contributed by atoms with Crippen LogP contribution in [-0.4, -0.2) is 51.7 Å². The van der Waals surface area contributed by atoms with Gasteiger partial charge in [-0.15, -0.1) is 0 Å². The van der Waals surface area contributed by atoms with E-state index in [0.29, 0.717) is 0 Å². The van der Waals surface area contributed by atoms with Gasteiger partial charge in [-0.3, -0.25) is 14.8 Å². The number of Topliss-reactive ketones (excluding diaryl/α,β-unsaturated/α-hetero) is 1. The monoisotopic (exact) mass is 873 g/mol. The van der Waals surface area contributed by atoms with Crippen molar-refractivity contribution in [1.82, 2.24) is 19.8 Å². The van der Waals surface area contributed by atoms with Crippen molar-refractivity contribution >= 4 is 28.3 Å². The van der Waals surface area contributed by atoms with Crippen LogP contribution in [-0.2, 0) is 30.7 Å². The van der Waals surface area contributed by atoms with E-state index in [0.717, 1.165) is 123 Å². The highest BCUT2D eigenvalue weighted by Gasteiger charge is 2.45. The number of fused-ring (bicyclic) bond motifs is 4. The second-order valence-electron chi connectivity index (χ2n) is 18.7. The number of hydrogen-bond donors (Lipinski definition) is 0. The van der Waals surface area contributed by atoms with Gasteiger partial charge in [-0.05, 0) is 71.2 Å². The third kappa shape index (κ3) is 8.45. The predicted molar refractivity (Wildman–Crippen MR) is 270 cm³/mol. The fraction of sp³-hybridized carbons (Fsp3) is 0.339. The van der Waals surface area contributed by atoms with Crippen molar-refractivity contribution in [3.63, 3.8) is 0 Å². The van der Waals surface area contributed by atoms with Gasteiger partial charge in [0.25, 0.3) is 0 Å². The summed E-state index contributed by atoms with van der Waals surface area (Å²) in [6.45, 7) is 9.41. The number of carbonyl (C=O) groups is 1. The lowest BCUT2D eigenvalue weighted by Gasteiger charge is -2.48. The van der Waals surface area contributed by atoms with Crippen molar-refractivity contribution in [3.8, 4) is 0 Å². The van der Waals surface area contributed by atoms with Gasteiger partial charge in [-0.2, -0.15) is 0 Å². The van der Waals surface area contributed by atoms with E-state index in [1.54, 1.807) is 0 Å². The maximum absolute atomic E-state index is 17.2. The summed E-state index contributed by atoms with van der Waals surface area (Å²) in [7, 11) is 0. The molecule has 6 heterocycles. The molecule has 7 nitrogen and oxygen atoms in total. The zero-order valence-corrected chi connectivity index (χ0v) is 38.9. The predicted octanol–water partition coefficient (Wildman–Crippen LogP) is 12.6. The summed E-state index contributed by atoms with van der Waals surface area (Å²) in [4.78, 5) is 37.2. The van der Waals surface area contributed by atoms with Crippen LogP contribution >= 0.6 is 0 Å². The van der Waals surface area contributed by atoms with Crippen LogP contribution in [0, 0.1) is 0 Å². The van der Waals surface area contributed by atoms with Crippen LogP contribution in [0.1, 0.15) is 122 Å². The van der Waals surface area contributed by atoms with Gasteiger partial charge >= 0.3 is 0 Å². The molecule has 336 valence electrons. The van der Waals surface area contributed by atoms with Gasteiger partial charge in [0.15, 0.2) is 5.78 Å². The van der Waals surface area contributed by atoms with Crippen molar-refractivity contribution in [2.24, 2.45) is 0 Å². The summed E-state index contributed by atoms with van der Waals surface area (Å²) in [6, 6.07) is 43.7. The first-order valence-corrected chi connectivity index (χ1v) is 24.8. The minimum atomic E-state index is -0.185. The largest absolute Gasteiger partial charge is 0.368 e. The van der Waals surface area contributed by atoms with Crippen molar-refractivity contribution < 1.29 is 4.79 Å². The Labute approximate surface area is 392 Å². The molecule has 2 unspecified atom stereocenters. The second-order valence-corrected chi connectivity index (χ2v) is 18.7.